The second-order valence-corrected chi connectivity index (χ2v) is 15.4. The Kier molecular flexibility index (Phi) is 6.89. The first-order valence-electron chi connectivity index (χ1n) is 12.0. The third kappa shape index (κ3) is 4.87. The molecule has 1 fully saturated rings. The van der Waals surface area contributed by atoms with Crippen LogP contribution in [0, 0.1) is 5.92 Å². The highest BCUT2D eigenvalue weighted by Gasteiger charge is 2.35. The minimum absolute atomic E-state index is 0.140. The lowest BCUT2D eigenvalue weighted by Gasteiger charge is -2.30. The highest BCUT2D eigenvalue weighted by atomic mass is 35.5. The molecule has 1 saturated heterocycles. The number of amides is 1. The van der Waals surface area contributed by atoms with Crippen LogP contribution in [0.1, 0.15) is 23.3 Å². The summed E-state index contributed by atoms with van der Waals surface area (Å²) in [4.78, 5) is 22.0. The molecule has 1 unspecified atom stereocenters. The summed E-state index contributed by atoms with van der Waals surface area (Å²) in [6.45, 7) is 2.36. The van der Waals surface area contributed by atoms with Gasteiger partial charge in [0.15, 0.2) is 0 Å². The van der Waals surface area contributed by atoms with Gasteiger partial charge < -0.3 is 10.2 Å². The van der Waals surface area contributed by atoms with Crippen molar-refractivity contribution in [1.82, 2.24) is 14.2 Å². The van der Waals surface area contributed by atoms with Gasteiger partial charge in [-0.2, -0.15) is 4.31 Å². The Morgan fingerprint density at radius 2 is 1.97 bits per heavy atom. The predicted octanol–water partition coefficient (Wildman–Crippen LogP) is 5.77. The quantitative estimate of drug-likeness (QED) is 0.318. The molecule has 1 N–H and O–H groups in total. The molecule has 1 amide bonds. The van der Waals surface area contributed by atoms with Crippen molar-refractivity contribution >= 4 is 76.8 Å². The maximum atomic E-state index is 13.5. The summed E-state index contributed by atoms with van der Waals surface area (Å²) in [7, 11) is -1.57. The van der Waals surface area contributed by atoms with Gasteiger partial charge in [-0.1, -0.05) is 23.7 Å². The Morgan fingerprint density at radius 1 is 1.14 bits per heavy atom. The smallest absolute Gasteiger partial charge is 0.252 e. The van der Waals surface area contributed by atoms with Crippen molar-refractivity contribution in [2.75, 3.05) is 32.0 Å². The van der Waals surface area contributed by atoms with E-state index in [1.165, 1.54) is 20.8 Å². The molecule has 1 aromatic carbocycles. The Hall–Kier alpha value is -1.86. The van der Waals surface area contributed by atoms with Crippen LogP contribution in [0.3, 0.4) is 0 Å². The fourth-order valence-electron chi connectivity index (χ4n) is 4.98. The average molecular weight is 593 g/mol. The highest BCUT2D eigenvalue weighted by Crippen LogP contribution is 2.46. The standard InChI is InChI=1S/C25H25ClN4O3S4/c1-29-12-10-16-19(14-29)35-25(22(16)24-27-17-6-2-3-7-18(17)34-24)28-23(31)15-5-4-11-30(13-15)37(32,33)21-9-8-20(26)36-21/h2-3,6-9,15H,4-5,10-14H2,1H3,(H,28,31). The van der Waals surface area contributed by atoms with Gasteiger partial charge in [-0.15, -0.1) is 34.0 Å². The molecule has 37 heavy (non-hydrogen) atoms. The first-order valence-corrected chi connectivity index (χ1v) is 16.3. The number of halogens is 1. The van der Waals surface area contributed by atoms with Gasteiger partial charge in [0.2, 0.25) is 5.91 Å². The molecule has 12 heteroatoms. The molecular weight excluding hydrogens is 568 g/mol. The molecule has 194 valence electrons. The number of hydrogen-bond acceptors (Lipinski definition) is 8. The topological polar surface area (TPSA) is 82.6 Å². The van der Waals surface area contributed by atoms with Gasteiger partial charge in [-0.3, -0.25) is 4.79 Å². The third-order valence-corrected chi connectivity index (χ3v) is 12.6. The first kappa shape index (κ1) is 25.4. The van der Waals surface area contributed by atoms with E-state index in [1.54, 1.807) is 28.7 Å². The monoisotopic (exact) mass is 592 g/mol. The lowest BCUT2D eigenvalue weighted by Crippen LogP contribution is -2.43. The molecule has 0 aliphatic carbocycles. The van der Waals surface area contributed by atoms with E-state index in [0.29, 0.717) is 23.7 Å². The van der Waals surface area contributed by atoms with E-state index in [4.69, 9.17) is 16.6 Å². The summed E-state index contributed by atoms with van der Waals surface area (Å²) >= 11 is 10.3. The van der Waals surface area contributed by atoms with Crippen LogP contribution in [0.2, 0.25) is 4.34 Å². The molecule has 0 spiro atoms. The van der Waals surface area contributed by atoms with Crippen LogP contribution >= 0.6 is 45.6 Å². The first-order chi connectivity index (χ1) is 17.8. The van der Waals surface area contributed by atoms with Gasteiger partial charge in [-0.05, 0) is 56.1 Å². The second-order valence-electron chi connectivity index (χ2n) is 9.43. The Balaban J connectivity index is 1.29. The van der Waals surface area contributed by atoms with E-state index in [9.17, 15) is 13.2 Å². The van der Waals surface area contributed by atoms with Crippen molar-refractivity contribution in [3.8, 4) is 10.6 Å². The van der Waals surface area contributed by atoms with Crippen LogP contribution in [-0.2, 0) is 27.8 Å². The van der Waals surface area contributed by atoms with Gasteiger partial charge in [0, 0.05) is 36.6 Å². The van der Waals surface area contributed by atoms with Crippen molar-refractivity contribution in [1.29, 1.82) is 0 Å². The maximum absolute atomic E-state index is 13.5. The number of benzene rings is 1. The van der Waals surface area contributed by atoms with Crippen LogP contribution in [-0.4, -0.2) is 55.2 Å². The van der Waals surface area contributed by atoms with Crippen LogP contribution in [0.15, 0.2) is 40.6 Å². The lowest BCUT2D eigenvalue weighted by atomic mass is 9.98. The van der Waals surface area contributed by atoms with Gasteiger partial charge >= 0.3 is 0 Å². The van der Waals surface area contributed by atoms with E-state index in [-0.39, 0.29) is 16.7 Å². The number of aromatic nitrogens is 1. The summed E-state index contributed by atoms with van der Waals surface area (Å²) in [5.74, 6) is -0.567. The number of piperidine rings is 1. The summed E-state index contributed by atoms with van der Waals surface area (Å²) in [5.41, 5.74) is 3.24. The zero-order valence-corrected chi connectivity index (χ0v) is 24.1. The number of sulfonamides is 1. The number of nitrogens with one attached hydrogen (secondary N) is 1. The van der Waals surface area contributed by atoms with Crippen LogP contribution in [0.25, 0.3) is 20.8 Å². The van der Waals surface area contributed by atoms with E-state index in [2.05, 4.69) is 23.3 Å². The average Bonchev–Trinajstić information content (AvgIpc) is 3.60. The molecule has 6 rings (SSSR count). The number of nitrogens with zero attached hydrogens (tertiary/aromatic N) is 3. The molecule has 2 aliphatic heterocycles. The number of thiazole rings is 1. The summed E-state index contributed by atoms with van der Waals surface area (Å²) in [6.07, 6.45) is 2.18. The van der Waals surface area contributed by atoms with Gasteiger partial charge in [0.25, 0.3) is 10.0 Å². The zero-order valence-electron chi connectivity index (χ0n) is 20.1. The van der Waals surface area contributed by atoms with Crippen LogP contribution < -0.4 is 5.32 Å². The number of fused-ring (bicyclic) bond motifs is 2. The van der Waals surface area contributed by atoms with Gasteiger partial charge in [-0.25, -0.2) is 13.4 Å². The number of likely N-dealkylation sites (N-methyl/N-ethyl adjacent to an activating group) is 1. The van der Waals surface area contributed by atoms with Crippen molar-refractivity contribution in [2.45, 2.75) is 30.0 Å². The van der Waals surface area contributed by atoms with Crippen LogP contribution in [0.4, 0.5) is 5.00 Å². The molecule has 0 radical (unpaired) electrons. The number of para-hydroxylation sites is 1. The largest absolute Gasteiger partial charge is 0.317 e. The molecule has 4 aromatic rings. The fraction of sp³-hybridized carbons (Fsp3) is 0.360. The SMILES string of the molecule is CN1CCc2c(sc(NC(=O)C3CCCN(S(=O)(=O)c4ccc(Cl)s4)C3)c2-c2nc3ccccc3s2)C1. The number of hydrogen-bond donors (Lipinski definition) is 1. The highest BCUT2D eigenvalue weighted by molar-refractivity contribution is 7.91. The van der Waals surface area contributed by atoms with Crippen molar-refractivity contribution in [3.05, 3.63) is 51.2 Å². The normalized spacial score (nSPS) is 19.2. The molecule has 7 nitrogen and oxygen atoms in total. The number of anilines is 1. The minimum Gasteiger partial charge on any atom is -0.317 e. The fourth-order valence-corrected chi connectivity index (χ4v) is 10.6. The van der Waals surface area contributed by atoms with E-state index >= 15 is 0 Å². The molecule has 2 aliphatic rings. The molecule has 5 heterocycles. The number of rotatable bonds is 5. The second kappa shape index (κ2) is 10.0. The van der Waals surface area contributed by atoms with Crippen molar-refractivity contribution in [2.24, 2.45) is 5.92 Å². The molecule has 1 atom stereocenters. The number of carbonyl (C=O) groups excluding carboxylic acids is 1. The molecule has 3 aromatic heterocycles. The lowest BCUT2D eigenvalue weighted by molar-refractivity contribution is -0.120. The third-order valence-electron chi connectivity index (χ3n) is 6.89. The Labute approximate surface area is 232 Å². The molecule has 0 bridgehead atoms. The summed E-state index contributed by atoms with van der Waals surface area (Å²) in [5, 5.41) is 4.93. The van der Waals surface area contributed by atoms with E-state index in [0.717, 1.165) is 56.6 Å². The van der Waals surface area contributed by atoms with E-state index in [1.807, 2.05) is 18.2 Å². The van der Waals surface area contributed by atoms with Crippen LogP contribution in [0.5, 0.6) is 0 Å². The van der Waals surface area contributed by atoms with E-state index < -0.39 is 15.9 Å². The Bertz CT molecular complexity index is 1560. The minimum atomic E-state index is -3.68. The van der Waals surface area contributed by atoms with Gasteiger partial charge in [0.1, 0.15) is 14.2 Å². The van der Waals surface area contributed by atoms with Gasteiger partial charge in [0.05, 0.1) is 20.5 Å². The number of thiophene rings is 2. The zero-order chi connectivity index (χ0) is 25.7. The maximum Gasteiger partial charge on any atom is 0.252 e. The van der Waals surface area contributed by atoms with Crippen molar-refractivity contribution < 1.29 is 13.2 Å². The van der Waals surface area contributed by atoms with Crippen molar-refractivity contribution in [3.63, 3.8) is 0 Å². The summed E-state index contributed by atoms with van der Waals surface area (Å²) in [6, 6.07) is 11.2. The predicted molar refractivity (Wildman–Crippen MR) is 152 cm³/mol. The number of carbonyl (C=O) groups is 1. The summed E-state index contributed by atoms with van der Waals surface area (Å²) < 4.78 is 29.5. The molecule has 0 saturated carbocycles. The Morgan fingerprint density at radius 3 is 2.76 bits per heavy atom. The molecular formula is C25H25ClN4O3S4.